The average Bonchev–Trinajstić information content (AvgIpc) is 3.04. The van der Waals surface area contributed by atoms with Gasteiger partial charge in [0.1, 0.15) is 0 Å². The molecule has 1 amide bonds. The molecular formula is C11H21N3O2. The molecule has 1 aliphatic carbocycles. The molecule has 0 bridgehead atoms. The van der Waals surface area contributed by atoms with Crippen LogP contribution in [-0.4, -0.2) is 23.5 Å². The van der Waals surface area contributed by atoms with Crippen LogP contribution in [0.25, 0.3) is 0 Å². The van der Waals surface area contributed by atoms with Crippen molar-refractivity contribution in [2.45, 2.75) is 33.6 Å². The molecule has 1 unspecified atom stereocenters. The summed E-state index contributed by atoms with van der Waals surface area (Å²) in [6, 6.07) is 0. The molecule has 1 atom stereocenters. The second-order valence-corrected chi connectivity index (χ2v) is 4.98. The lowest BCUT2D eigenvalue weighted by molar-refractivity contribution is -0.123. The van der Waals surface area contributed by atoms with Crippen LogP contribution in [-0.2, 0) is 4.79 Å². The van der Waals surface area contributed by atoms with Crippen LogP contribution in [0.1, 0.15) is 33.6 Å². The van der Waals surface area contributed by atoms with Crippen molar-refractivity contribution in [3.63, 3.8) is 0 Å². The van der Waals surface area contributed by atoms with Gasteiger partial charge >= 0.3 is 0 Å². The molecule has 1 fully saturated rings. The molecule has 0 aliphatic heterocycles. The second-order valence-electron chi connectivity index (χ2n) is 4.98. The molecule has 1 rings (SSSR count). The number of rotatable bonds is 5. The van der Waals surface area contributed by atoms with Crippen LogP contribution in [0.5, 0.6) is 0 Å². The Balaban J connectivity index is 2.42. The summed E-state index contributed by atoms with van der Waals surface area (Å²) in [7, 11) is 0. The van der Waals surface area contributed by atoms with Crippen molar-refractivity contribution in [1.82, 2.24) is 5.32 Å². The van der Waals surface area contributed by atoms with Crippen LogP contribution in [0.3, 0.4) is 0 Å². The number of nitrogens with one attached hydrogen (secondary N) is 1. The number of oxime groups is 1. The van der Waals surface area contributed by atoms with E-state index < -0.39 is 5.92 Å². The van der Waals surface area contributed by atoms with Crippen LogP contribution in [0, 0.1) is 17.3 Å². The summed E-state index contributed by atoms with van der Waals surface area (Å²) in [5.41, 5.74) is 5.65. The minimum atomic E-state index is -0.576. The average molecular weight is 227 g/mol. The SMILES string of the molecule is CC(C(=O)NCC1(C(C)C)CC1)C(N)=NO. The monoisotopic (exact) mass is 227 g/mol. The number of nitrogens with zero attached hydrogens (tertiary/aromatic N) is 1. The van der Waals surface area contributed by atoms with Crippen LogP contribution < -0.4 is 11.1 Å². The molecule has 1 aliphatic rings. The molecule has 0 aromatic heterocycles. The van der Waals surface area contributed by atoms with E-state index in [1.807, 2.05) is 0 Å². The predicted octanol–water partition coefficient (Wildman–Crippen LogP) is 0.921. The van der Waals surface area contributed by atoms with Crippen LogP contribution >= 0.6 is 0 Å². The van der Waals surface area contributed by atoms with Gasteiger partial charge in [0.2, 0.25) is 5.91 Å². The zero-order chi connectivity index (χ0) is 12.3. The number of hydrogen-bond donors (Lipinski definition) is 3. The van der Waals surface area contributed by atoms with Crippen LogP contribution in [0.2, 0.25) is 0 Å². The highest BCUT2D eigenvalue weighted by atomic mass is 16.4. The quantitative estimate of drug-likeness (QED) is 0.282. The predicted molar refractivity (Wildman–Crippen MR) is 62.1 cm³/mol. The molecule has 16 heavy (non-hydrogen) atoms. The van der Waals surface area contributed by atoms with E-state index in [0.717, 1.165) is 0 Å². The maximum Gasteiger partial charge on any atom is 0.230 e. The van der Waals surface area contributed by atoms with Gasteiger partial charge in [0.05, 0.1) is 5.92 Å². The van der Waals surface area contributed by atoms with Crippen molar-refractivity contribution in [3.05, 3.63) is 0 Å². The molecule has 0 aromatic carbocycles. The molecule has 1 saturated carbocycles. The third-order valence-electron chi connectivity index (χ3n) is 3.68. The van der Waals surface area contributed by atoms with Gasteiger partial charge in [0.25, 0.3) is 0 Å². The number of carbonyl (C=O) groups is 1. The first-order chi connectivity index (χ1) is 7.43. The zero-order valence-corrected chi connectivity index (χ0v) is 10.2. The molecule has 5 heteroatoms. The molecular weight excluding hydrogens is 206 g/mol. The summed E-state index contributed by atoms with van der Waals surface area (Å²) < 4.78 is 0. The van der Waals surface area contributed by atoms with Gasteiger partial charge in [-0.2, -0.15) is 0 Å². The number of amidine groups is 1. The van der Waals surface area contributed by atoms with E-state index in [1.54, 1.807) is 6.92 Å². The molecule has 5 nitrogen and oxygen atoms in total. The minimum Gasteiger partial charge on any atom is -0.409 e. The van der Waals surface area contributed by atoms with E-state index in [-0.39, 0.29) is 17.2 Å². The Morgan fingerprint density at radius 1 is 1.50 bits per heavy atom. The summed E-state index contributed by atoms with van der Waals surface area (Å²) in [5, 5.41) is 14.2. The van der Waals surface area contributed by atoms with Crippen molar-refractivity contribution in [1.29, 1.82) is 0 Å². The molecule has 4 N–H and O–H groups in total. The molecule has 0 radical (unpaired) electrons. The maximum atomic E-state index is 11.7. The summed E-state index contributed by atoms with van der Waals surface area (Å²) in [4.78, 5) is 11.7. The first kappa shape index (κ1) is 12.8. The van der Waals surface area contributed by atoms with Gasteiger partial charge in [0, 0.05) is 6.54 Å². The lowest BCUT2D eigenvalue weighted by Crippen LogP contribution is -2.40. The summed E-state index contributed by atoms with van der Waals surface area (Å²) in [6.45, 7) is 6.66. The van der Waals surface area contributed by atoms with E-state index in [4.69, 9.17) is 10.9 Å². The highest BCUT2D eigenvalue weighted by Gasteiger charge is 2.45. The first-order valence-corrected chi connectivity index (χ1v) is 5.68. The largest absolute Gasteiger partial charge is 0.409 e. The van der Waals surface area contributed by atoms with Crippen LogP contribution in [0.15, 0.2) is 5.16 Å². The Morgan fingerprint density at radius 2 is 2.06 bits per heavy atom. The van der Waals surface area contributed by atoms with Crippen molar-refractivity contribution in [2.24, 2.45) is 28.1 Å². The van der Waals surface area contributed by atoms with Crippen LogP contribution in [0.4, 0.5) is 0 Å². The smallest absolute Gasteiger partial charge is 0.230 e. The number of carbonyl (C=O) groups excluding carboxylic acids is 1. The van der Waals surface area contributed by atoms with Gasteiger partial charge in [-0.25, -0.2) is 0 Å². The van der Waals surface area contributed by atoms with E-state index >= 15 is 0 Å². The lowest BCUT2D eigenvalue weighted by Gasteiger charge is -2.21. The standard InChI is InChI=1S/C11H21N3O2/c1-7(2)11(4-5-11)6-13-10(15)8(3)9(12)14-16/h7-8,16H,4-6H2,1-3H3,(H2,12,14)(H,13,15). The van der Waals surface area contributed by atoms with Gasteiger partial charge in [-0.05, 0) is 31.1 Å². The molecule has 0 aromatic rings. The van der Waals surface area contributed by atoms with Gasteiger partial charge in [-0.3, -0.25) is 4.79 Å². The van der Waals surface area contributed by atoms with Crippen molar-refractivity contribution in [3.8, 4) is 0 Å². The molecule has 0 heterocycles. The van der Waals surface area contributed by atoms with E-state index in [9.17, 15) is 4.79 Å². The number of nitrogens with two attached hydrogens (primary N) is 1. The third kappa shape index (κ3) is 2.65. The summed E-state index contributed by atoms with van der Waals surface area (Å²) in [6.07, 6.45) is 2.34. The Morgan fingerprint density at radius 3 is 2.44 bits per heavy atom. The van der Waals surface area contributed by atoms with Crippen molar-refractivity contribution in [2.75, 3.05) is 6.54 Å². The Labute approximate surface area is 96.1 Å². The second kappa shape index (κ2) is 4.72. The molecule has 92 valence electrons. The van der Waals surface area contributed by atoms with Crippen molar-refractivity contribution < 1.29 is 10.0 Å². The van der Waals surface area contributed by atoms with E-state index in [2.05, 4.69) is 24.3 Å². The fraction of sp³-hybridized carbons (Fsp3) is 0.818. The van der Waals surface area contributed by atoms with Gasteiger partial charge in [-0.1, -0.05) is 19.0 Å². The van der Waals surface area contributed by atoms with Gasteiger partial charge < -0.3 is 16.3 Å². The first-order valence-electron chi connectivity index (χ1n) is 5.68. The van der Waals surface area contributed by atoms with Gasteiger partial charge in [-0.15, -0.1) is 0 Å². The Hall–Kier alpha value is -1.26. The highest BCUT2D eigenvalue weighted by Crippen LogP contribution is 2.51. The molecule has 0 saturated heterocycles. The Kier molecular flexibility index (Phi) is 3.78. The van der Waals surface area contributed by atoms with E-state index in [1.165, 1.54) is 12.8 Å². The Bertz CT molecular complexity index is 296. The fourth-order valence-corrected chi connectivity index (χ4v) is 1.76. The normalized spacial score (nSPS) is 20.6. The number of amides is 1. The third-order valence-corrected chi connectivity index (χ3v) is 3.68. The van der Waals surface area contributed by atoms with E-state index in [0.29, 0.717) is 12.5 Å². The molecule has 0 spiro atoms. The minimum absolute atomic E-state index is 0.0492. The lowest BCUT2D eigenvalue weighted by atomic mass is 9.92. The van der Waals surface area contributed by atoms with Crippen molar-refractivity contribution >= 4 is 11.7 Å². The maximum absolute atomic E-state index is 11.7. The fourth-order valence-electron chi connectivity index (χ4n) is 1.76. The topological polar surface area (TPSA) is 87.7 Å². The van der Waals surface area contributed by atoms with Gasteiger partial charge in [0.15, 0.2) is 5.84 Å². The zero-order valence-electron chi connectivity index (χ0n) is 10.2. The summed E-state index contributed by atoms with van der Waals surface area (Å²) >= 11 is 0. The summed E-state index contributed by atoms with van der Waals surface area (Å²) in [5.74, 6) is -0.228. The number of hydrogen-bond acceptors (Lipinski definition) is 3. The highest BCUT2D eigenvalue weighted by molar-refractivity contribution is 6.01.